The van der Waals surface area contributed by atoms with Crippen molar-refractivity contribution in [1.82, 2.24) is 0 Å². The summed E-state index contributed by atoms with van der Waals surface area (Å²) in [5.74, 6) is 0. The van der Waals surface area contributed by atoms with E-state index in [2.05, 4.69) is 0 Å². The van der Waals surface area contributed by atoms with Gasteiger partial charge in [0.1, 0.15) is 12.2 Å². The van der Waals surface area contributed by atoms with Crippen molar-refractivity contribution in [3.63, 3.8) is 0 Å². The Bertz CT molecular complexity index is 276. The van der Waals surface area contributed by atoms with Crippen molar-refractivity contribution < 1.29 is 19.8 Å². The van der Waals surface area contributed by atoms with Crippen LogP contribution < -0.4 is 0 Å². The van der Waals surface area contributed by atoms with Gasteiger partial charge in [0.25, 0.3) is 0 Å². The molecule has 17 heavy (non-hydrogen) atoms. The summed E-state index contributed by atoms with van der Waals surface area (Å²) in [6.07, 6.45) is 1.29. The highest BCUT2D eigenvalue weighted by Gasteiger charge is 2.39. The van der Waals surface area contributed by atoms with Crippen molar-refractivity contribution in [3.8, 4) is 0 Å². The molecule has 1 saturated carbocycles. The lowest BCUT2D eigenvalue weighted by Crippen LogP contribution is -2.32. The van der Waals surface area contributed by atoms with Crippen LogP contribution >= 0.6 is 23.2 Å². The third kappa shape index (κ3) is 4.21. The fourth-order valence-electron chi connectivity index (χ4n) is 2.60. The van der Waals surface area contributed by atoms with Crippen molar-refractivity contribution in [1.29, 1.82) is 0 Å². The van der Waals surface area contributed by atoms with Crippen molar-refractivity contribution in [2.45, 2.75) is 50.7 Å². The number of hydrogen-bond acceptors (Lipinski definition) is 4. The number of aliphatic hydroxyl groups excluding tert-OH is 2. The van der Waals surface area contributed by atoms with Gasteiger partial charge < -0.3 is 10.2 Å². The molecule has 0 saturated heterocycles. The molecule has 1 fully saturated rings. The van der Waals surface area contributed by atoms with Gasteiger partial charge in [-0.25, -0.2) is 0 Å². The van der Waals surface area contributed by atoms with Gasteiger partial charge in [0, 0.05) is 0 Å². The monoisotopic (exact) mass is 282 g/mol. The van der Waals surface area contributed by atoms with Crippen LogP contribution in [-0.2, 0) is 9.59 Å². The van der Waals surface area contributed by atoms with Crippen LogP contribution in [0.15, 0.2) is 0 Å². The van der Waals surface area contributed by atoms with Crippen LogP contribution in [0.25, 0.3) is 0 Å². The molecule has 2 atom stereocenters. The summed E-state index contributed by atoms with van der Waals surface area (Å²) in [5, 5.41) is 17.4. The van der Waals surface area contributed by atoms with Crippen LogP contribution in [0.1, 0.15) is 38.5 Å². The van der Waals surface area contributed by atoms with Gasteiger partial charge in [0.05, 0.1) is 0 Å². The van der Waals surface area contributed by atoms with E-state index in [1.807, 2.05) is 0 Å². The van der Waals surface area contributed by atoms with E-state index in [0.29, 0.717) is 0 Å². The van der Waals surface area contributed by atoms with E-state index < -0.39 is 28.1 Å². The van der Waals surface area contributed by atoms with Gasteiger partial charge in [0.2, 0.25) is 10.5 Å². The lowest BCUT2D eigenvalue weighted by atomic mass is 9.76. The van der Waals surface area contributed by atoms with E-state index in [1.54, 1.807) is 0 Å². The largest absolute Gasteiger partial charge is 0.384 e. The Balaban J connectivity index is 2.69. The predicted molar refractivity (Wildman–Crippen MR) is 63.9 cm³/mol. The van der Waals surface area contributed by atoms with Gasteiger partial charge in [-0.15, -0.1) is 0 Å². The molecular formula is C11H16Cl2O4. The molecule has 0 amide bonds. The normalized spacial score (nSPS) is 22.1. The highest BCUT2D eigenvalue weighted by atomic mass is 35.5. The second kappa shape index (κ2) is 6.14. The maximum absolute atomic E-state index is 10.9. The van der Waals surface area contributed by atoms with E-state index in [-0.39, 0.29) is 12.8 Å². The Morgan fingerprint density at radius 2 is 1.35 bits per heavy atom. The quantitative estimate of drug-likeness (QED) is 0.726. The lowest BCUT2D eigenvalue weighted by Gasteiger charge is -2.31. The molecular weight excluding hydrogens is 267 g/mol. The highest BCUT2D eigenvalue weighted by Crippen LogP contribution is 2.46. The van der Waals surface area contributed by atoms with Crippen LogP contribution in [-0.4, -0.2) is 32.9 Å². The summed E-state index contributed by atoms with van der Waals surface area (Å²) in [5.41, 5.74) is -0.409. The van der Waals surface area contributed by atoms with E-state index in [1.165, 1.54) is 0 Å². The number of rotatable bonds is 6. The second-order valence-electron chi connectivity index (χ2n) is 4.76. The van der Waals surface area contributed by atoms with Crippen LogP contribution in [0.5, 0.6) is 0 Å². The van der Waals surface area contributed by atoms with Crippen LogP contribution in [0, 0.1) is 5.41 Å². The summed E-state index contributed by atoms with van der Waals surface area (Å²) in [6.45, 7) is 0. The zero-order valence-corrected chi connectivity index (χ0v) is 10.9. The maximum Gasteiger partial charge on any atom is 0.250 e. The van der Waals surface area contributed by atoms with Crippen LogP contribution in [0.2, 0.25) is 0 Å². The van der Waals surface area contributed by atoms with Gasteiger partial charge in [-0.3, -0.25) is 9.59 Å². The van der Waals surface area contributed by atoms with E-state index >= 15 is 0 Å². The summed E-state index contributed by atoms with van der Waals surface area (Å²) in [4.78, 5) is 21.7. The minimum atomic E-state index is -1.24. The van der Waals surface area contributed by atoms with Crippen molar-refractivity contribution in [2.75, 3.05) is 0 Å². The molecule has 2 unspecified atom stereocenters. The molecule has 0 heterocycles. The van der Waals surface area contributed by atoms with Gasteiger partial charge in [-0.05, 0) is 54.3 Å². The average Bonchev–Trinajstić information content (AvgIpc) is 2.66. The summed E-state index contributed by atoms with van der Waals surface area (Å²) in [7, 11) is 0. The number of carbonyl (C=O) groups is 2. The van der Waals surface area contributed by atoms with E-state index in [0.717, 1.165) is 25.7 Å². The first-order valence-electron chi connectivity index (χ1n) is 5.61. The van der Waals surface area contributed by atoms with Crippen molar-refractivity contribution in [3.05, 3.63) is 0 Å². The van der Waals surface area contributed by atoms with Crippen LogP contribution in [0.4, 0.5) is 0 Å². The first-order chi connectivity index (χ1) is 7.86. The maximum atomic E-state index is 10.9. The standard InChI is InChI=1S/C11H16Cl2O4/c12-9(16)7(14)5-11(3-1-2-4-11)6-8(15)10(13)17/h7-8,14-15H,1-6H2. The van der Waals surface area contributed by atoms with Crippen molar-refractivity contribution in [2.24, 2.45) is 5.41 Å². The summed E-state index contributed by atoms with van der Waals surface area (Å²) >= 11 is 10.4. The Labute approximate surface area is 110 Å². The molecule has 2 N–H and O–H groups in total. The molecule has 6 heteroatoms. The molecule has 0 aliphatic heterocycles. The molecule has 1 aliphatic rings. The van der Waals surface area contributed by atoms with Crippen LogP contribution in [0.3, 0.4) is 0 Å². The van der Waals surface area contributed by atoms with E-state index in [9.17, 15) is 19.8 Å². The number of carbonyl (C=O) groups excluding carboxylic acids is 2. The first kappa shape index (κ1) is 14.9. The van der Waals surface area contributed by atoms with Gasteiger partial charge in [-0.1, -0.05) is 12.8 Å². The van der Waals surface area contributed by atoms with E-state index in [4.69, 9.17) is 23.2 Å². The third-order valence-electron chi connectivity index (χ3n) is 3.44. The molecule has 0 bridgehead atoms. The molecule has 0 aromatic carbocycles. The molecule has 1 rings (SSSR count). The fourth-order valence-corrected chi connectivity index (χ4v) is 2.75. The van der Waals surface area contributed by atoms with Gasteiger partial charge >= 0.3 is 0 Å². The SMILES string of the molecule is O=C(Cl)C(O)CC1(CC(O)C(=O)Cl)CCCC1. The molecule has 98 valence electrons. The van der Waals surface area contributed by atoms with Gasteiger partial charge in [0.15, 0.2) is 0 Å². The molecule has 1 aliphatic carbocycles. The molecule has 0 spiro atoms. The average molecular weight is 283 g/mol. The number of hydrogen-bond donors (Lipinski definition) is 2. The highest BCUT2D eigenvalue weighted by molar-refractivity contribution is 6.64. The Hall–Kier alpha value is -0.160. The smallest absolute Gasteiger partial charge is 0.250 e. The molecule has 0 aromatic heterocycles. The second-order valence-corrected chi connectivity index (χ2v) is 5.50. The lowest BCUT2D eigenvalue weighted by molar-refractivity contribution is -0.123. The topological polar surface area (TPSA) is 74.6 Å². The minimum absolute atomic E-state index is 0.177. The van der Waals surface area contributed by atoms with Crippen molar-refractivity contribution >= 4 is 33.7 Å². The molecule has 4 nitrogen and oxygen atoms in total. The summed E-state index contributed by atoms with van der Waals surface area (Å²) < 4.78 is 0. The molecule has 0 aromatic rings. The first-order valence-corrected chi connectivity index (χ1v) is 6.37. The summed E-state index contributed by atoms with van der Waals surface area (Å²) in [6, 6.07) is 0. The fraction of sp³-hybridized carbons (Fsp3) is 0.818. The number of aliphatic hydroxyl groups is 2. The third-order valence-corrected chi connectivity index (χ3v) is 3.94. The Morgan fingerprint density at radius 3 is 1.65 bits per heavy atom. The zero-order chi connectivity index (χ0) is 13.1. The Kier molecular flexibility index (Phi) is 5.38. The zero-order valence-electron chi connectivity index (χ0n) is 9.36. The predicted octanol–water partition coefficient (Wildman–Crippen LogP) is 1.58. The number of halogens is 2. The minimum Gasteiger partial charge on any atom is -0.384 e. The Morgan fingerprint density at radius 1 is 1.00 bits per heavy atom. The van der Waals surface area contributed by atoms with Gasteiger partial charge in [-0.2, -0.15) is 0 Å². The molecule has 0 radical (unpaired) electrons.